The van der Waals surface area contributed by atoms with Gasteiger partial charge in [-0.25, -0.2) is 0 Å². The maximum atomic E-state index is 13.0. The molecule has 6 nitrogen and oxygen atoms in total. The van der Waals surface area contributed by atoms with Crippen molar-refractivity contribution in [2.75, 3.05) is 44.7 Å². The summed E-state index contributed by atoms with van der Waals surface area (Å²) in [4.78, 5) is 20.0. The minimum absolute atomic E-state index is 0.0464. The molecule has 1 aliphatic heterocycles. The molecule has 33 heavy (non-hydrogen) atoms. The highest BCUT2D eigenvalue weighted by atomic mass is 16.5. The van der Waals surface area contributed by atoms with Gasteiger partial charge in [0.2, 0.25) is 5.96 Å². The van der Waals surface area contributed by atoms with Gasteiger partial charge in [-0.3, -0.25) is 20.0 Å². The molecule has 0 aromatic heterocycles. The molecule has 0 unspecified atom stereocenters. The summed E-state index contributed by atoms with van der Waals surface area (Å²) in [6.45, 7) is 15.6. The number of amides is 1. The van der Waals surface area contributed by atoms with Crippen LogP contribution < -0.4 is 10.6 Å². The highest BCUT2D eigenvalue weighted by molar-refractivity contribution is 6.10. The Morgan fingerprint density at radius 2 is 1.67 bits per heavy atom. The number of ether oxygens (including phenoxy) is 1. The van der Waals surface area contributed by atoms with E-state index in [-0.39, 0.29) is 11.3 Å². The number of guanidine groups is 1. The molecule has 1 fully saturated rings. The van der Waals surface area contributed by atoms with Crippen LogP contribution in [0, 0.1) is 0 Å². The minimum atomic E-state index is -0.174. The van der Waals surface area contributed by atoms with E-state index in [1.165, 1.54) is 11.1 Å². The fraction of sp³-hybridized carbons (Fsp3) is 0.481. The van der Waals surface area contributed by atoms with Crippen molar-refractivity contribution in [2.45, 2.75) is 46.0 Å². The third kappa shape index (κ3) is 7.69. The first-order chi connectivity index (χ1) is 15.7. The van der Waals surface area contributed by atoms with Gasteiger partial charge in [0.05, 0.1) is 19.8 Å². The number of hydrogen-bond acceptors (Lipinski definition) is 4. The van der Waals surface area contributed by atoms with Gasteiger partial charge in [-0.05, 0) is 46.7 Å². The topological polar surface area (TPSA) is 66.0 Å². The number of aliphatic imine (C=N–C) groups is 1. The summed E-state index contributed by atoms with van der Waals surface area (Å²) < 4.78 is 5.42. The molecule has 2 aromatic carbocycles. The zero-order valence-electron chi connectivity index (χ0n) is 20.6. The molecule has 0 atom stereocenters. The van der Waals surface area contributed by atoms with Crippen LogP contribution in [0.25, 0.3) is 0 Å². The quantitative estimate of drug-likeness (QED) is 0.497. The molecule has 0 bridgehead atoms. The van der Waals surface area contributed by atoms with Crippen molar-refractivity contribution in [3.8, 4) is 0 Å². The molecule has 1 heterocycles. The number of morpholine rings is 1. The number of nitrogens with one attached hydrogen (secondary N) is 2. The van der Waals surface area contributed by atoms with Crippen LogP contribution in [0.4, 0.5) is 5.69 Å². The molecule has 1 amide bonds. The Morgan fingerprint density at radius 1 is 1.03 bits per heavy atom. The molecule has 0 saturated carbocycles. The lowest BCUT2D eigenvalue weighted by molar-refractivity contribution is 0.0394. The van der Waals surface area contributed by atoms with E-state index in [2.05, 4.69) is 67.3 Å². The minimum Gasteiger partial charge on any atom is -0.379 e. The second kappa shape index (κ2) is 11.4. The first kappa shape index (κ1) is 24.9. The molecule has 0 radical (unpaired) electrons. The fourth-order valence-corrected chi connectivity index (χ4v) is 3.63. The Bertz CT molecular complexity index is 922. The molecule has 1 aliphatic rings. The Kier molecular flexibility index (Phi) is 8.64. The lowest BCUT2D eigenvalue weighted by atomic mass is 9.87. The summed E-state index contributed by atoms with van der Waals surface area (Å²) in [6, 6.07) is 16.0. The van der Waals surface area contributed by atoms with E-state index in [4.69, 9.17) is 4.74 Å². The van der Waals surface area contributed by atoms with Crippen LogP contribution in [-0.2, 0) is 10.2 Å². The van der Waals surface area contributed by atoms with Gasteiger partial charge >= 0.3 is 0 Å². The molecule has 6 heteroatoms. The first-order valence-corrected chi connectivity index (χ1v) is 11.9. The highest BCUT2D eigenvalue weighted by Crippen LogP contribution is 2.22. The van der Waals surface area contributed by atoms with E-state index in [1.807, 2.05) is 36.4 Å². The van der Waals surface area contributed by atoms with Crippen molar-refractivity contribution in [3.63, 3.8) is 0 Å². The number of nitrogens with zero attached hydrogens (tertiary/aromatic N) is 2. The van der Waals surface area contributed by atoms with Gasteiger partial charge in [0.25, 0.3) is 5.91 Å². The van der Waals surface area contributed by atoms with Crippen LogP contribution >= 0.6 is 0 Å². The average molecular weight is 451 g/mol. The number of rotatable bonds is 6. The second-order valence-corrected chi connectivity index (χ2v) is 9.87. The van der Waals surface area contributed by atoms with Gasteiger partial charge in [0.15, 0.2) is 0 Å². The highest BCUT2D eigenvalue weighted by Gasteiger charge is 2.15. The van der Waals surface area contributed by atoms with Crippen LogP contribution in [0.5, 0.6) is 0 Å². The Balaban J connectivity index is 1.70. The van der Waals surface area contributed by atoms with Crippen LogP contribution in [0.15, 0.2) is 53.5 Å². The summed E-state index contributed by atoms with van der Waals surface area (Å²) in [5, 5.41) is 6.27. The molecule has 1 saturated heterocycles. The molecular weight excluding hydrogens is 412 g/mol. The Morgan fingerprint density at radius 3 is 2.24 bits per heavy atom. The fourth-order valence-electron chi connectivity index (χ4n) is 3.63. The van der Waals surface area contributed by atoms with Crippen molar-refractivity contribution in [1.82, 2.24) is 10.2 Å². The van der Waals surface area contributed by atoms with E-state index in [1.54, 1.807) is 0 Å². The summed E-state index contributed by atoms with van der Waals surface area (Å²) in [5.74, 6) is 0.758. The molecule has 2 aromatic rings. The molecule has 0 spiro atoms. The van der Waals surface area contributed by atoms with Crippen molar-refractivity contribution in [2.24, 2.45) is 4.99 Å². The van der Waals surface area contributed by atoms with Crippen molar-refractivity contribution in [1.29, 1.82) is 0 Å². The summed E-state index contributed by atoms with van der Waals surface area (Å²) in [5.41, 5.74) is 4.02. The predicted molar refractivity (Wildman–Crippen MR) is 136 cm³/mol. The number of carbonyl (C=O) groups is 1. The van der Waals surface area contributed by atoms with E-state index in [9.17, 15) is 4.79 Å². The van der Waals surface area contributed by atoms with E-state index in [0.29, 0.717) is 24.0 Å². The molecule has 3 rings (SSSR count). The summed E-state index contributed by atoms with van der Waals surface area (Å²) in [7, 11) is 0. The number of benzene rings is 2. The number of hydrogen-bond donors (Lipinski definition) is 2. The molecule has 178 valence electrons. The third-order valence-corrected chi connectivity index (χ3v) is 5.87. The van der Waals surface area contributed by atoms with Crippen LogP contribution in [0.1, 0.15) is 62.0 Å². The Hall–Kier alpha value is -2.70. The van der Waals surface area contributed by atoms with Gasteiger partial charge in [-0.15, -0.1) is 0 Å². The summed E-state index contributed by atoms with van der Waals surface area (Å²) in [6.07, 6.45) is 0. The zero-order chi connectivity index (χ0) is 23.8. The van der Waals surface area contributed by atoms with Crippen molar-refractivity contribution in [3.05, 3.63) is 65.2 Å². The van der Waals surface area contributed by atoms with Crippen LogP contribution in [0.3, 0.4) is 0 Å². The van der Waals surface area contributed by atoms with Gasteiger partial charge < -0.3 is 10.1 Å². The Labute approximate surface area is 198 Å². The monoisotopic (exact) mass is 450 g/mol. The standard InChI is InChI=1S/C27H38N4O2/c1-20(2)21-8-12-24(13-9-21)29-26(28-14-15-31-16-18-33-19-17-31)30-25(32)22-6-10-23(11-7-22)27(3,4)5/h6-13,20H,14-19H2,1-5H3,(H2,28,29,30,32). The zero-order valence-corrected chi connectivity index (χ0v) is 20.6. The maximum Gasteiger partial charge on any atom is 0.257 e. The van der Waals surface area contributed by atoms with Crippen molar-refractivity contribution < 1.29 is 9.53 Å². The normalized spacial score (nSPS) is 15.5. The van der Waals surface area contributed by atoms with E-state index >= 15 is 0 Å². The molecule has 2 N–H and O–H groups in total. The van der Waals surface area contributed by atoms with Gasteiger partial charge in [-0.2, -0.15) is 0 Å². The summed E-state index contributed by atoms with van der Waals surface area (Å²) >= 11 is 0. The van der Waals surface area contributed by atoms with E-state index in [0.717, 1.165) is 38.5 Å². The molecule has 0 aliphatic carbocycles. The largest absolute Gasteiger partial charge is 0.379 e. The lowest BCUT2D eigenvalue weighted by Crippen LogP contribution is -2.39. The van der Waals surface area contributed by atoms with E-state index < -0.39 is 0 Å². The predicted octanol–water partition coefficient (Wildman–Crippen LogP) is 4.64. The number of carbonyl (C=O) groups excluding carboxylic acids is 1. The smallest absolute Gasteiger partial charge is 0.257 e. The second-order valence-electron chi connectivity index (χ2n) is 9.87. The third-order valence-electron chi connectivity index (χ3n) is 5.87. The van der Waals surface area contributed by atoms with Crippen LogP contribution in [-0.4, -0.2) is 56.2 Å². The van der Waals surface area contributed by atoms with Gasteiger partial charge in [0.1, 0.15) is 0 Å². The number of anilines is 1. The average Bonchev–Trinajstić information content (AvgIpc) is 2.79. The first-order valence-electron chi connectivity index (χ1n) is 11.9. The van der Waals surface area contributed by atoms with Crippen LogP contribution in [0.2, 0.25) is 0 Å². The van der Waals surface area contributed by atoms with Gasteiger partial charge in [-0.1, -0.05) is 58.9 Å². The van der Waals surface area contributed by atoms with Crippen molar-refractivity contribution >= 4 is 17.6 Å². The van der Waals surface area contributed by atoms with Gasteiger partial charge in [0, 0.05) is 30.9 Å². The SMILES string of the molecule is CC(C)c1ccc(NC(=NCCN2CCOCC2)NC(=O)c2ccc(C(C)(C)C)cc2)cc1. The maximum absolute atomic E-state index is 13.0. The lowest BCUT2D eigenvalue weighted by Gasteiger charge is -2.25. The molecular formula is C27H38N4O2.